The number of nitrogens with one attached hydrogen (secondary N) is 2. The van der Waals surface area contributed by atoms with Crippen molar-refractivity contribution in [1.29, 1.82) is 0 Å². The number of rotatable bonds is 6. The molecule has 2 aromatic carbocycles. The van der Waals surface area contributed by atoms with Gasteiger partial charge in [0.25, 0.3) is 0 Å². The van der Waals surface area contributed by atoms with Gasteiger partial charge in [-0.1, -0.05) is 41.9 Å². The second-order valence-corrected chi connectivity index (χ2v) is 5.13. The van der Waals surface area contributed by atoms with Gasteiger partial charge >= 0.3 is 6.03 Å². The first-order valence-electron chi connectivity index (χ1n) is 7.20. The summed E-state index contributed by atoms with van der Waals surface area (Å²) >= 11 is 5.96. The van der Waals surface area contributed by atoms with Crippen LogP contribution in [0.5, 0.6) is 5.75 Å². The number of anilines is 1. The van der Waals surface area contributed by atoms with Gasteiger partial charge in [-0.3, -0.25) is 0 Å². The average Bonchev–Trinajstić information content (AvgIpc) is 2.51. The van der Waals surface area contributed by atoms with Crippen LogP contribution in [0.1, 0.15) is 12.5 Å². The zero-order valence-corrected chi connectivity index (χ0v) is 13.2. The molecule has 0 unspecified atom stereocenters. The molecule has 0 atom stereocenters. The van der Waals surface area contributed by atoms with E-state index in [0.29, 0.717) is 29.6 Å². The number of benzene rings is 2. The maximum Gasteiger partial charge on any atom is 0.319 e. The Bertz CT molecular complexity index is 617. The molecule has 0 aliphatic rings. The van der Waals surface area contributed by atoms with Gasteiger partial charge in [-0.15, -0.1) is 0 Å². The smallest absolute Gasteiger partial charge is 0.319 e. The summed E-state index contributed by atoms with van der Waals surface area (Å²) in [7, 11) is 0. The second kappa shape index (κ2) is 8.29. The first kappa shape index (κ1) is 16.2. The SMILES string of the molecule is CCOc1ccc(Cl)cc1NC(=O)NCCc1ccccc1. The summed E-state index contributed by atoms with van der Waals surface area (Å²) < 4.78 is 5.47. The molecule has 0 bridgehead atoms. The van der Waals surface area contributed by atoms with Crippen LogP contribution in [0.3, 0.4) is 0 Å². The Morgan fingerprint density at radius 3 is 2.68 bits per heavy atom. The zero-order valence-electron chi connectivity index (χ0n) is 12.4. The molecule has 0 radical (unpaired) electrons. The standard InChI is InChI=1S/C17H19ClN2O2/c1-2-22-16-9-8-14(18)12-15(16)20-17(21)19-11-10-13-6-4-3-5-7-13/h3-9,12H,2,10-11H2,1H3,(H2,19,20,21). The molecule has 2 N–H and O–H groups in total. The van der Waals surface area contributed by atoms with Crippen LogP contribution in [-0.4, -0.2) is 19.2 Å². The molecule has 0 aliphatic heterocycles. The van der Waals surface area contributed by atoms with Crippen molar-refractivity contribution in [3.8, 4) is 5.75 Å². The predicted molar refractivity (Wildman–Crippen MR) is 89.8 cm³/mol. The number of carbonyl (C=O) groups excluding carboxylic acids is 1. The van der Waals surface area contributed by atoms with Gasteiger partial charge in [-0.2, -0.15) is 0 Å². The highest BCUT2D eigenvalue weighted by Crippen LogP contribution is 2.27. The Hall–Kier alpha value is -2.20. The minimum atomic E-state index is -0.279. The van der Waals surface area contributed by atoms with Crippen molar-refractivity contribution < 1.29 is 9.53 Å². The molecular weight excluding hydrogens is 300 g/mol. The van der Waals surface area contributed by atoms with Crippen molar-refractivity contribution in [3.63, 3.8) is 0 Å². The summed E-state index contributed by atoms with van der Waals surface area (Å²) in [5.41, 5.74) is 1.74. The summed E-state index contributed by atoms with van der Waals surface area (Å²) in [5, 5.41) is 6.13. The van der Waals surface area contributed by atoms with E-state index in [1.807, 2.05) is 37.3 Å². The molecule has 2 rings (SSSR count). The lowest BCUT2D eigenvalue weighted by atomic mass is 10.1. The lowest BCUT2D eigenvalue weighted by Gasteiger charge is -2.12. The highest BCUT2D eigenvalue weighted by atomic mass is 35.5. The van der Waals surface area contributed by atoms with E-state index in [1.54, 1.807) is 18.2 Å². The van der Waals surface area contributed by atoms with Crippen LogP contribution in [0.2, 0.25) is 5.02 Å². The fraction of sp³-hybridized carbons (Fsp3) is 0.235. The minimum absolute atomic E-state index is 0.279. The normalized spacial score (nSPS) is 10.1. The van der Waals surface area contributed by atoms with Gasteiger partial charge in [0.15, 0.2) is 0 Å². The summed E-state index contributed by atoms with van der Waals surface area (Å²) in [5.74, 6) is 0.602. The molecule has 116 valence electrons. The van der Waals surface area contributed by atoms with Crippen LogP contribution in [0.25, 0.3) is 0 Å². The Kier molecular flexibility index (Phi) is 6.10. The number of carbonyl (C=O) groups is 1. The van der Waals surface area contributed by atoms with E-state index in [-0.39, 0.29) is 6.03 Å². The average molecular weight is 319 g/mol. The Morgan fingerprint density at radius 1 is 1.18 bits per heavy atom. The molecule has 0 saturated carbocycles. The number of urea groups is 1. The lowest BCUT2D eigenvalue weighted by Crippen LogP contribution is -2.30. The molecule has 4 nitrogen and oxygen atoms in total. The van der Waals surface area contributed by atoms with Crippen molar-refractivity contribution in [3.05, 3.63) is 59.1 Å². The van der Waals surface area contributed by atoms with Crippen molar-refractivity contribution in [2.45, 2.75) is 13.3 Å². The maximum atomic E-state index is 11.9. The maximum absolute atomic E-state index is 11.9. The largest absolute Gasteiger partial charge is 0.492 e. The highest BCUT2D eigenvalue weighted by Gasteiger charge is 2.08. The molecular formula is C17H19ClN2O2. The van der Waals surface area contributed by atoms with Crippen LogP contribution < -0.4 is 15.4 Å². The van der Waals surface area contributed by atoms with Crippen LogP contribution in [0.15, 0.2) is 48.5 Å². The van der Waals surface area contributed by atoms with E-state index >= 15 is 0 Å². The Balaban J connectivity index is 1.87. The van der Waals surface area contributed by atoms with E-state index in [4.69, 9.17) is 16.3 Å². The summed E-state index contributed by atoms with van der Waals surface area (Å²) in [6, 6.07) is 14.9. The molecule has 0 aromatic heterocycles. The van der Waals surface area contributed by atoms with E-state index in [2.05, 4.69) is 10.6 Å². The molecule has 0 fully saturated rings. The monoisotopic (exact) mass is 318 g/mol. The molecule has 22 heavy (non-hydrogen) atoms. The number of hydrogen-bond donors (Lipinski definition) is 2. The number of ether oxygens (including phenoxy) is 1. The molecule has 0 heterocycles. The molecule has 0 saturated heterocycles. The second-order valence-electron chi connectivity index (χ2n) is 4.69. The number of halogens is 1. The quantitative estimate of drug-likeness (QED) is 0.842. The van der Waals surface area contributed by atoms with Crippen molar-refractivity contribution in [1.82, 2.24) is 5.32 Å². The molecule has 0 aliphatic carbocycles. The van der Waals surface area contributed by atoms with Gasteiger partial charge in [-0.25, -0.2) is 4.79 Å². The van der Waals surface area contributed by atoms with E-state index in [0.717, 1.165) is 6.42 Å². The highest BCUT2D eigenvalue weighted by molar-refractivity contribution is 6.31. The fourth-order valence-corrected chi connectivity index (χ4v) is 2.18. The van der Waals surface area contributed by atoms with E-state index in [9.17, 15) is 4.79 Å². The van der Waals surface area contributed by atoms with Gasteiger partial charge in [0.05, 0.1) is 12.3 Å². The zero-order chi connectivity index (χ0) is 15.8. The molecule has 2 amide bonds. The summed E-state index contributed by atoms with van der Waals surface area (Å²) in [6.45, 7) is 2.96. The van der Waals surface area contributed by atoms with Crippen molar-refractivity contribution in [2.24, 2.45) is 0 Å². The van der Waals surface area contributed by atoms with Crippen LogP contribution in [0, 0.1) is 0 Å². The summed E-state index contributed by atoms with van der Waals surface area (Å²) in [6.07, 6.45) is 0.780. The summed E-state index contributed by atoms with van der Waals surface area (Å²) in [4.78, 5) is 11.9. The number of amides is 2. The minimum Gasteiger partial charge on any atom is -0.492 e. The third-order valence-corrected chi connectivity index (χ3v) is 3.27. The van der Waals surface area contributed by atoms with E-state index < -0.39 is 0 Å². The lowest BCUT2D eigenvalue weighted by molar-refractivity contribution is 0.252. The van der Waals surface area contributed by atoms with Gasteiger partial charge in [0.2, 0.25) is 0 Å². The first-order chi connectivity index (χ1) is 10.7. The van der Waals surface area contributed by atoms with Crippen LogP contribution >= 0.6 is 11.6 Å². The third-order valence-electron chi connectivity index (χ3n) is 3.03. The number of hydrogen-bond acceptors (Lipinski definition) is 2. The van der Waals surface area contributed by atoms with Crippen molar-refractivity contribution in [2.75, 3.05) is 18.5 Å². The van der Waals surface area contributed by atoms with E-state index in [1.165, 1.54) is 5.56 Å². The molecule has 2 aromatic rings. The van der Waals surface area contributed by atoms with Crippen LogP contribution in [-0.2, 0) is 6.42 Å². The fourth-order valence-electron chi connectivity index (χ4n) is 2.01. The Labute approximate surface area is 135 Å². The van der Waals surface area contributed by atoms with Gasteiger partial charge in [-0.05, 0) is 37.1 Å². The van der Waals surface area contributed by atoms with Crippen molar-refractivity contribution >= 4 is 23.3 Å². The van der Waals surface area contributed by atoms with Gasteiger partial charge < -0.3 is 15.4 Å². The molecule has 5 heteroatoms. The molecule has 0 spiro atoms. The third kappa shape index (κ3) is 4.97. The van der Waals surface area contributed by atoms with Gasteiger partial charge in [0, 0.05) is 11.6 Å². The first-order valence-corrected chi connectivity index (χ1v) is 7.58. The topological polar surface area (TPSA) is 50.4 Å². The van der Waals surface area contributed by atoms with Crippen LogP contribution in [0.4, 0.5) is 10.5 Å². The van der Waals surface area contributed by atoms with Gasteiger partial charge in [0.1, 0.15) is 5.75 Å². The Morgan fingerprint density at radius 2 is 1.95 bits per heavy atom. The predicted octanol–water partition coefficient (Wildman–Crippen LogP) is 4.10.